The Morgan fingerprint density at radius 3 is 1.64 bits per heavy atom. The van der Waals surface area contributed by atoms with Crippen LogP contribution in [0, 0.1) is 11.3 Å². The van der Waals surface area contributed by atoms with Crippen LogP contribution < -0.4 is 0 Å². The summed E-state index contributed by atoms with van der Waals surface area (Å²) in [5.74, 6) is 0.600. The first-order chi connectivity index (χ1) is 10.2. The zero-order valence-corrected chi connectivity index (χ0v) is 17.3. The van der Waals surface area contributed by atoms with E-state index < -0.39 is 7.14 Å². The predicted molar refractivity (Wildman–Crippen MR) is 104 cm³/mol. The van der Waals surface area contributed by atoms with E-state index in [9.17, 15) is 4.57 Å². The van der Waals surface area contributed by atoms with Crippen LogP contribution in [0.3, 0.4) is 0 Å². The van der Waals surface area contributed by atoms with Crippen molar-refractivity contribution in [3.05, 3.63) is 0 Å². The molecule has 0 bridgehead atoms. The molecule has 0 aliphatic heterocycles. The van der Waals surface area contributed by atoms with E-state index in [1.165, 1.54) is 57.8 Å². The summed E-state index contributed by atoms with van der Waals surface area (Å²) in [7, 11) is -1.94. The van der Waals surface area contributed by atoms with Crippen LogP contribution in [0.1, 0.15) is 99.3 Å². The second-order valence-electron chi connectivity index (χ2n) is 8.68. The lowest BCUT2D eigenvalue weighted by Gasteiger charge is -2.27. The monoisotopic (exact) mass is 330 g/mol. The van der Waals surface area contributed by atoms with Gasteiger partial charge >= 0.3 is 0 Å². The van der Waals surface area contributed by atoms with Crippen molar-refractivity contribution in [2.24, 2.45) is 11.3 Å². The van der Waals surface area contributed by atoms with Crippen molar-refractivity contribution < 1.29 is 4.57 Å². The molecule has 134 valence electrons. The summed E-state index contributed by atoms with van der Waals surface area (Å²) >= 11 is 0. The Labute approximate surface area is 141 Å². The lowest BCUT2D eigenvalue weighted by molar-refractivity contribution is 0.321. The zero-order chi connectivity index (χ0) is 17.1. The third-order valence-corrected chi connectivity index (χ3v) is 7.99. The van der Waals surface area contributed by atoms with Crippen molar-refractivity contribution in [1.29, 1.82) is 0 Å². The van der Waals surface area contributed by atoms with E-state index in [0.717, 1.165) is 18.5 Å². The quantitative estimate of drug-likeness (QED) is 0.251. The maximum atomic E-state index is 13.4. The predicted octanol–water partition coefficient (Wildman–Crippen LogP) is 7.58. The summed E-state index contributed by atoms with van der Waals surface area (Å²) in [6.45, 7) is 13.7. The molecule has 0 rings (SSSR count). The second-order valence-corrected chi connectivity index (χ2v) is 12.1. The van der Waals surface area contributed by atoms with Crippen molar-refractivity contribution in [2.75, 3.05) is 18.5 Å². The maximum Gasteiger partial charge on any atom is 0.0880 e. The van der Waals surface area contributed by atoms with Crippen LogP contribution in [-0.2, 0) is 4.57 Å². The van der Waals surface area contributed by atoms with E-state index in [4.69, 9.17) is 0 Å². The summed E-state index contributed by atoms with van der Waals surface area (Å²) < 4.78 is 13.4. The van der Waals surface area contributed by atoms with Crippen LogP contribution in [0.15, 0.2) is 0 Å². The molecule has 22 heavy (non-hydrogen) atoms. The van der Waals surface area contributed by atoms with Crippen LogP contribution in [-0.4, -0.2) is 18.5 Å². The molecule has 0 aliphatic carbocycles. The van der Waals surface area contributed by atoms with Crippen molar-refractivity contribution in [3.8, 4) is 0 Å². The third kappa shape index (κ3) is 12.7. The van der Waals surface area contributed by atoms with E-state index in [2.05, 4.69) is 41.5 Å². The normalized spacial score (nSPS) is 14.3. The standard InChI is InChI=1S/C20H43OP/c1-7-9-11-13-15-22(21,16-14-12-10-8-2)18-19(3)17-20(4,5)6/h19H,7-18H2,1-6H3. The summed E-state index contributed by atoms with van der Waals surface area (Å²) in [5, 5.41) is 0. The van der Waals surface area contributed by atoms with Gasteiger partial charge in [-0.05, 0) is 30.6 Å². The van der Waals surface area contributed by atoms with Gasteiger partial charge in [-0.1, -0.05) is 80.1 Å². The van der Waals surface area contributed by atoms with Gasteiger partial charge in [-0.3, -0.25) is 0 Å². The highest BCUT2D eigenvalue weighted by Crippen LogP contribution is 2.50. The van der Waals surface area contributed by atoms with E-state index in [-0.39, 0.29) is 0 Å². The molecule has 0 aromatic heterocycles. The van der Waals surface area contributed by atoms with Crippen molar-refractivity contribution in [1.82, 2.24) is 0 Å². The molecule has 1 nitrogen and oxygen atoms in total. The molecule has 0 aromatic carbocycles. The Hall–Kier alpha value is 0.230. The van der Waals surface area contributed by atoms with Crippen LogP contribution >= 0.6 is 7.14 Å². The Morgan fingerprint density at radius 2 is 1.27 bits per heavy atom. The number of unbranched alkanes of at least 4 members (excludes halogenated alkanes) is 6. The number of hydrogen-bond acceptors (Lipinski definition) is 1. The van der Waals surface area contributed by atoms with Gasteiger partial charge in [-0.2, -0.15) is 0 Å². The molecule has 1 atom stereocenters. The lowest BCUT2D eigenvalue weighted by Crippen LogP contribution is -2.16. The first-order valence-corrected chi connectivity index (χ1v) is 12.1. The van der Waals surface area contributed by atoms with Crippen LogP contribution in [0.4, 0.5) is 0 Å². The molecule has 0 amide bonds. The molecule has 0 saturated heterocycles. The zero-order valence-electron chi connectivity index (χ0n) is 16.4. The molecule has 2 heteroatoms. The average molecular weight is 331 g/mol. The summed E-state index contributed by atoms with van der Waals surface area (Å²) in [6.07, 6.45) is 14.2. The van der Waals surface area contributed by atoms with Crippen LogP contribution in [0.2, 0.25) is 0 Å². The van der Waals surface area contributed by atoms with Crippen molar-refractivity contribution in [2.45, 2.75) is 99.3 Å². The maximum absolute atomic E-state index is 13.4. The summed E-state index contributed by atoms with van der Waals surface area (Å²) in [6, 6.07) is 0. The molecule has 0 aromatic rings. The van der Waals surface area contributed by atoms with Crippen LogP contribution in [0.5, 0.6) is 0 Å². The highest BCUT2D eigenvalue weighted by molar-refractivity contribution is 7.63. The summed E-state index contributed by atoms with van der Waals surface area (Å²) in [5.41, 5.74) is 0.356. The Bertz CT molecular complexity index is 287. The smallest absolute Gasteiger partial charge is 0.0880 e. The largest absolute Gasteiger partial charge is 0.324 e. The molecule has 0 heterocycles. The molecule has 0 radical (unpaired) electrons. The minimum absolute atomic E-state index is 0.356. The lowest BCUT2D eigenvalue weighted by atomic mass is 9.86. The average Bonchev–Trinajstić information content (AvgIpc) is 2.38. The van der Waals surface area contributed by atoms with E-state index in [1.807, 2.05) is 0 Å². The minimum atomic E-state index is -1.94. The van der Waals surface area contributed by atoms with Gasteiger partial charge in [0.05, 0.1) is 7.14 Å². The molecular weight excluding hydrogens is 287 g/mol. The molecule has 0 fully saturated rings. The summed E-state index contributed by atoms with van der Waals surface area (Å²) in [4.78, 5) is 0. The number of hydrogen-bond donors (Lipinski definition) is 0. The number of rotatable bonds is 13. The Balaban J connectivity index is 4.44. The second kappa shape index (κ2) is 11.7. The van der Waals surface area contributed by atoms with Crippen molar-refractivity contribution >= 4 is 7.14 Å². The molecule has 1 unspecified atom stereocenters. The SMILES string of the molecule is CCCCCCP(=O)(CCCCCC)CC(C)CC(C)(C)C. The molecule has 0 N–H and O–H groups in total. The fourth-order valence-electron chi connectivity index (χ4n) is 3.63. The van der Waals surface area contributed by atoms with Gasteiger partial charge < -0.3 is 4.57 Å². The molecule has 0 aliphatic rings. The molecule has 0 spiro atoms. The van der Waals surface area contributed by atoms with E-state index >= 15 is 0 Å². The van der Waals surface area contributed by atoms with Gasteiger partial charge in [0.25, 0.3) is 0 Å². The highest BCUT2D eigenvalue weighted by Gasteiger charge is 2.26. The first-order valence-electron chi connectivity index (χ1n) is 9.79. The van der Waals surface area contributed by atoms with Gasteiger partial charge in [0, 0.05) is 18.5 Å². The van der Waals surface area contributed by atoms with Gasteiger partial charge in [-0.15, -0.1) is 0 Å². The van der Waals surface area contributed by atoms with Crippen LogP contribution in [0.25, 0.3) is 0 Å². The van der Waals surface area contributed by atoms with Gasteiger partial charge in [-0.25, -0.2) is 0 Å². The fourth-order valence-corrected chi connectivity index (χ4v) is 7.08. The minimum Gasteiger partial charge on any atom is -0.324 e. The topological polar surface area (TPSA) is 17.1 Å². The molecular formula is C20H43OP. The van der Waals surface area contributed by atoms with Gasteiger partial charge in [0.2, 0.25) is 0 Å². The van der Waals surface area contributed by atoms with Gasteiger partial charge in [0.15, 0.2) is 0 Å². The van der Waals surface area contributed by atoms with Gasteiger partial charge in [0.1, 0.15) is 0 Å². The fraction of sp³-hybridized carbons (Fsp3) is 1.00. The third-order valence-electron chi connectivity index (χ3n) is 4.44. The first kappa shape index (κ1) is 22.2. The Morgan fingerprint density at radius 1 is 0.818 bits per heavy atom. The van der Waals surface area contributed by atoms with Crippen molar-refractivity contribution in [3.63, 3.8) is 0 Å². The Kier molecular flexibility index (Phi) is 11.8. The van der Waals surface area contributed by atoms with E-state index in [0.29, 0.717) is 11.3 Å². The van der Waals surface area contributed by atoms with E-state index in [1.54, 1.807) is 0 Å². The molecule has 0 saturated carbocycles. The highest BCUT2D eigenvalue weighted by atomic mass is 31.2.